The molecule has 0 bridgehead atoms. The topological polar surface area (TPSA) is 45.5 Å². The van der Waals surface area contributed by atoms with E-state index in [2.05, 4.69) is 52.6 Å². The molecule has 2 atom stereocenters. The largest absolute Gasteiger partial charge is 0.392 e. The molecule has 2 aromatic rings. The summed E-state index contributed by atoms with van der Waals surface area (Å²) in [5.41, 5.74) is 5.35. The summed E-state index contributed by atoms with van der Waals surface area (Å²) in [5.74, 6) is 2.22. The molecule has 2 rings (SSSR count). The molecule has 0 radical (unpaired) electrons. The van der Waals surface area contributed by atoms with Crippen LogP contribution in [0.3, 0.4) is 0 Å². The maximum absolute atomic E-state index is 9.94. The summed E-state index contributed by atoms with van der Waals surface area (Å²) in [7, 11) is 0. The van der Waals surface area contributed by atoms with Gasteiger partial charge in [-0.15, -0.1) is 11.3 Å². The highest BCUT2D eigenvalue weighted by atomic mass is 32.1. The fourth-order valence-corrected chi connectivity index (χ4v) is 4.79. The lowest BCUT2D eigenvalue weighted by atomic mass is 9.82. The van der Waals surface area contributed by atoms with Crippen molar-refractivity contribution in [1.29, 1.82) is 0 Å². The van der Waals surface area contributed by atoms with E-state index in [-0.39, 0.29) is 6.61 Å². The highest BCUT2D eigenvalue weighted by Crippen LogP contribution is 2.35. The van der Waals surface area contributed by atoms with Crippen molar-refractivity contribution in [3.63, 3.8) is 0 Å². The predicted molar refractivity (Wildman–Crippen MR) is 132 cm³/mol. The van der Waals surface area contributed by atoms with E-state index in [0.29, 0.717) is 5.92 Å². The molecule has 0 amide bonds. The zero-order valence-corrected chi connectivity index (χ0v) is 20.6. The number of hydrogen-bond donors (Lipinski definition) is 1. The molecular weight excluding hydrogens is 388 g/mol. The minimum absolute atomic E-state index is 0.0138. The SMILES string of the molecule is CCCC(CCC(CC(C)CC)C(C)C)=Nc1c(CO)ccc(-c2nccs2)c1C. The minimum Gasteiger partial charge on any atom is -0.392 e. The van der Waals surface area contributed by atoms with Crippen molar-refractivity contribution in [3.05, 3.63) is 34.8 Å². The van der Waals surface area contributed by atoms with Crippen LogP contribution in [0, 0.1) is 24.7 Å². The van der Waals surface area contributed by atoms with E-state index in [1.807, 2.05) is 17.6 Å². The molecule has 1 aromatic carbocycles. The Morgan fingerprint density at radius 2 is 1.93 bits per heavy atom. The molecule has 0 aliphatic rings. The molecular formula is C26H40N2OS. The number of aliphatic hydroxyl groups is 1. The Balaban J connectivity index is 2.32. The van der Waals surface area contributed by atoms with Gasteiger partial charge in [-0.1, -0.05) is 59.6 Å². The normalized spacial score (nSPS) is 14.3. The third-order valence-electron chi connectivity index (χ3n) is 6.30. The highest BCUT2D eigenvalue weighted by molar-refractivity contribution is 7.13. The third-order valence-corrected chi connectivity index (χ3v) is 7.11. The summed E-state index contributed by atoms with van der Waals surface area (Å²) in [4.78, 5) is 9.63. The summed E-state index contributed by atoms with van der Waals surface area (Å²) in [5, 5.41) is 13.0. The van der Waals surface area contributed by atoms with Gasteiger partial charge in [-0.25, -0.2) is 4.98 Å². The molecule has 0 saturated heterocycles. The molecule has 166 valence electrons. The number of aliphatic hydroxyl groups excluding tert-OH is 1. The fraction of sp³-hybridized carbons (Fsp3) is 0.615. The van der Waals surface area contributed by atoms with Crippen molar-refractivity contribution in [2.75, 3.05) is 0 Å². The van der Waals surface area contributed by atoms with Crippen LogP contribution in [-0.4, -0.2) is 15.8 Å². The molecule has 3 nitrogen and oxygen atoms in total. The quantitative estimate of drug-likeness (QED) is 0.348. The van der Waals surface area contributed by atoms with Crippen LogP contribution in [-0.2, 0) is 6.61 Å². The molecule has 0 aliphatic carbocycles. The molecule has 2 unspecified atom stereocenters. The molecule has 0 fully saturated rings. The summed E-state index contributed by atoms with van der Waals surface area (Å²) >= 11 is 1.64. The average Bonchev–Trinajstić information content (AvgIpc) is 3.26. The molecule has 1 heterocycles. The number of benzene rings is 1. The number of hydrogen-bond acceptors (Lipinski definition) is 4. The zero-order valence-electron chi connectivity index (χ0n) is 19.7. The fourth-order valence-electron chi connectivity index (χ4n) is 4.07. The summed E-state index contributed by atoms with van der Waals surface area (Å²) < 4.78 is 0. The Morgan fingerprint density at radius 1 is 1.17 bits per heavy atom. The standard InChI is InChI=1S/C26H40N2OS/c1-7-9-23(12-10-21(18(3)4)16-19(5)8-2)28-25-20(6)24(13-11-22(25)17-29)26-27-14-15-30-26/h11,13-15,18-19,21,29H,7-10,12,16-17H2,1-6H3. The first-order valence-corrected chi connectivity index (χ1v) is 12.5. The van der Waals surface area contributed by atoms with E-state index < -0.39 is 0 Å². The highest BCUT2D eigenvalue weighted by Gasteiger charge is 2.18. The van der Waals surface area contributed by atoms with E-state index >= 15 is 0 Å². The monoisotopic (exact) mass is 428 g/mol. The molecule has 4 heteroatoms. The second-order valence-corrected chi connectivity index (χ2v) is 9.86. The van der Waals surface area contributed by atoms with Gasteiger partial charge in [-0.05, 0) is 55.9 Å². The summed E-state index contributed by atoms with van der Waals surface area (Å²) in [6, 6.07) is 4.07. The van der Waals surface area contributed by atoms with Crippen LogP contribution in [0.15, 0.2) is 28.7 Å². The minimum atomic E-state index is 0.0138. The first kappa shape index (κ1) is 24.7. The van der Waals surface area contributed by atoms with Crippen LogP contribution in [0.2, 0.25) is 0 Å². The van der Waals surface area contributed by atoms with Crippen molar-refractivity contribution in [2.45, 2.75) is 86.7 Å². The number of rotatable bonds is 12. The predicted octanol–water partition coefficient (Wildman–Crippen LogP) is 7.97. The van der Waals surface area contributed by atoms with Crippen molar-refractivity contribution in [2.24, 2.45) is 22.7 Å². The summed E-state index contributed by atoms with van der Waals surface area (Å²) in [6.45, 7) is 13.7. The second-order valence-electron chi connectivity index (χ2n) is 8.96. The van der Waals surface area contributed by atoms with Gasteiger partial charge in [0.2, 0.25) is 0 Å². The molecule has 1 aromatic heterocycles. The van der Waals surface area contributed by atoms with Crippen LogP contribution < -0.4 is 0 Å². The summed E-state index contributed by atoms with van der Waals surface area (Å²) in [6.07, 6.45) is 8.74. The molecule has 0 spiro atoms. The molecule has 30 heavy (non-hydrogen) atoms. The van der Waals surface area contributed by atoms with Gasteiger partial charge in [-0.3, -0.25) is 4.99 Å². The lowest BCUT2D eigenvalue weighted by Crippen LogP contribution is -2.14. The zero-order chi connectivity index (χ0) is 22.1. The van der Waals surface area contributed by atoms with Crippen molar-refractivity contribution in [3.8, 4) is 10.6 Å². The number of aromatic nitrogens is 1. The van der Waals surface area contributed by atoms with E-state index in [9.17, 15) is 5.11 Å². The van der Waals surface area contributed by atoms with Crippen LogP contribution in [0.25, 0.3) is 10.6 Å². The van der Waals surface area contributed by atoms with Gasteiger partial charge >= 0.3 is 0 Å². The van der Waals surface area contributed by atoms with Gasteiger partial charge in [0, 0.05) is 28.4 Å². The van der Waals surface area contributed by atoms with Crippen LogP contribution in [0.4, 0.5) is 5.69 Å². The Kier molecular flexibility index (Phi) is 10.2. The molecule has 0 aliphatic heterocycles. The van der Waals surface area contributed by atoms with Crippen LogP contribution in [0.1, 0.15) is 84.3 Å². The first-order valence-electron chi connectivity index (χ1n) is 11.6. The second kappa shape index (κ2) is 12.4. The van der Waals surface area contributed by atoms with Gasteiger partial charge in [0.25, 0.3) is 0 Å². The van der Waals surface area contributed by atoms with Crippen molar-refractivity contribution < 1.29 is 5.11 Å². The Hall–Kier alpha value is -1.52. The van der Waals surface area contributed by atoms with E-state index in [0.717, 1.165) is 58.5 Å². The number of thiazole rings is 1. The van der Waals surface area contributed by atoms with E-state index in [1.165, 1.54) is 25.0 Å². The van der Waals surface area contributed by atoms with E-state index in [4.69, 9.17) is 4.99 Å². The molecule has 1 N–H and O–H groups in total. The van der Waals surface area contributed by atoms with Crippen molar-refractivity contribution >= 4 is 22.7 Å². The maximum Gasteiger partial charge on any atom is 0.123 e. The number of aliphatic imine (C=N–C) groups is 1. The average molecular weight is 429 g/mol. The van der Waals surface area contributed by atoms with Crippen LogP contribution in [0.5, 0.6) is 0 Å². The number of nitrogens with zero attached hydrogens (tertiary/aromatic N) is 2. The van der Waals surface area contributed by atoms with E-state index in [1.54, 1.807) is 11.3 Å². The van der Waals surface area contributed by atoms with Gasteiger partial charge in [0.1, 0.15) is 5.01 Å². The molecule has 0 saturated carbocycles. The lowest BCUT2D eigenvalue weighted by Gasteiger charge is -2.24. The van der Waals surface area contributed by atoms with Gasteiger partial charge < -0.3 is 5.11 Å². The van der Waals surface area contributed by atoms with Gasteiger partial charge in [0.05, 0.1) is 12.3 Å². The first-order chi connectivity index (χ1) is 14.4. The smallest absolute Gasteiger partial charge is 0.123 e. The Morgan fingerprint density at radius 3 is 2.50 bits per heavy atom. The lowest BCUT2D eigenvalue weighted by molar-refractivity contribution is 0.282. The third kappa shape index (κ3) is 6.75. The van der Waals surface area contributed by atoms with Crippen LogP contribution >= 0.6 is 11.3 Å². The van der Waals surface area contributed by atoms with Crippen molar-refractivity contribution in [1.82, 2.24) is 4.98 Å². The van der Waals surface area contributed by atoms with Gasteiger partial charge in [-0.2, -0.15) is 0 Å². The Bertz CT molecular complexity index is 796. The Labute approximate surface area is 187 Å². The maximum atomic E-state index is 9.94. The van der Waals surface area contributed by atoms with Gasteiger partial charge in [0.15, 0.2) is 0 Å².